The summed E-state index contributed by atoms with van der Waals surface area (Å²) in [6.45, 7) is 2.86. The Labute approximate surface area is 83.2 Å². The average Bonchev–Trinajstić information content (AvgIpc) is 2.56. The van der Waals surface area contributed by atoms with Crippen molar-refractivity contribution in [1.29, 1.82) is 0 Å². The van der Waals surface area contributed by atoms with E-state index in [-0.39, 0.29) is 0 Å². The maximum Gasteiger partial charge on any atom is 0.200 e. The van der Waals surface area contributed by atoms with Crippen molar-refractivity contribution >= 4 is 5.95 Å². The number of imidazole rings is 1. The summed E-state index contributed by atoms with van der Waals surface area (Å²) in [7, 11) is 0. The van der Waals surface area contributed by atoms with Gasteiger partial charge in [-0.25, -0.2) is 4.98 Å². The van der Waals surface area contributed by atoms with Gasteiger partial charge in [-0.2, -0.15) is 0 Å². The van der Waals surface area contributed by atoms with E-state index >= 15 is 0 Å². The van der Waals surface area contributed by atoms with E-state index in [2.05, 4.69) is 36.2 Å². The van der Waals surface area contributed by atoms with Crippen LogP contribution in [0.4, 0.5) is 5.95 Å². The number of nitrogens with two attached hydrogens (primary N) is 1. The van der Waals surface area contributed by atoms with Crippen molar-refractivity contribution < 1.29 is 0 Å². The maximum absolute atomic E-state index is 5.67. The van der Waals surface area contributed by atoms with Crippen molar-refractivity contribution in [2.75, 3.05) is 5.73 Å². The molecule has 0 saturated carbocycles. The Hall–Kier alpha value is -1.77. The third kappa shape index (κ3) is 1.76. The zero-order valence-corrected chi connectivity index (χ0v) is 8.14. The van der Waals surface area contributed by atoms with E-state index in [0.29, 0.717) is 5.95 Å². The molecule has 2 N–H and O–H groups in total. The van der Waals surface area contributed by atoms with E-state index in [1.165, 1.54) is 11.1 Å². The van der Waals surface area contributed by atoms with Crippen LogP contribution in [0, 0.1) is 6.92 Å². The fourth-order valence-corrected chi connectivity index (χ4v) is 1.36. The number of rotatable bonds is 2. The Bertz CT molecular complexity index is 414. The summed E-state index contributed by atoms with van der Waals surface area (Å²) in [5.41, 5.74) is 8.18. The van der Waals surface area contributed by atoms with Crippen LogP contribution in [0.1, 0.15) is 11.1 Å². The van der Waals surface area contributed by atoms with Gasteiger partial charge in [0.1, 0.15) is 0 Å². The van der Waals surface area contributed by atoms with Crippen molar-refractivity contribution in [3.63, 3.8) is 0 Å². The summed E-state index contributed by atoms with van der Waals surface area (Å²) in [6.07, 6.45) is 3.60. The summed E-state index contributed by atoms with van der Waals surface area (Å²) in [4.78, 5) is 3.97. The number of hydrogen-bond donors (Lipinski definition) is 1. The number of hydrogen-bond acceptors (Lipinski definition) is 2. The minimum atomic E-state index is 0.561. The van der Waals surface area contributed by atoms with Crippen LogP contribution in [0.15, 0.2) is 36.7 Å². The van der Waals surface area contributed by atoms with E-state index in [1.807, 2.05) is 10.8 Å². The second kappa shape index (κ2) is 3.54. The van der Waals surface area contributed by atoms with Crippen molar-refractivity contribution in [3.8, 4) is 0 Å². The molecule has 0 radical (unpaired) electrons. The van der Waals surface area contributed by atoms with Crippen molar-refractivity contribution in [2.45, 2.75) is 13.5 Å². The Balaban J connectivity index is 2.19. The summed E-state index contributed by atoms with van der Waals surface area (Å²) < 4.78 is 1.92. The highest BCUT2D eigenvalue weighted by Crippen LogP contribution is 2.07. The molecule has 3 nitrogen and oxygen atoms in total. The van der Waals surface area contributed by atoms with Gasteiger partial charge in [0, 0.05) is 12.4 Å². The van der Waals surface area contributed by atoms with Crippen LogP contribution in [-0.4, -0.2) is 9.55 Å². The smallest absolute Gasteiger partial charge is 0.200 e. The number of anilines is 1. The second-order valence-corrected chi connectivity index (χ2v) is 3.40. The summed E-state index contributed by atoms with van der Waals surface area (Å²) in [5.74, 6) is 0.561. The molecule has 0 unspecified atom stereocenters. The average molecular weight is 187 g/mol. The molecule has 0 aliphatic heterocycles. The maximum atomic E-state index is 5.67. The van der Waals surface area contributed by atoms with Gasteiger partial charge >= 0.3 is 0 Å². The second-order valence-electron chi connectivity index (χ2n) is 3.40. The van der Waals surface area contributed by atoms with Crippen LogP contribution in [0.25, 0.3) is 0 Å². The molecule has 0 saturated heterocycles. The highest BCUT2D eigenvalue weighted by atomic mass is 15.1. The molecule has 72 valence electrons. The van der Waals surface area contributed by atoms with Crippen LogP contribution in [0.2, 0.25) is 0 Å². The topological polar surface area (TPSA) is 43.8 Å². The van der Waals surface area contributed by atoms with E-state index < -0.39 is 0 Å². The molecule has 0 spiro atoms. The van der Waals surface area contributed by atoms with Gasteiger partial charge in [-0.05, 0) is 12.5 Å². The predicted octanol–water partition coefficient (Wildman–Crippen LogP) is 1.82. The monoisotopic (exact) mass is 187 g/mol. The standard InChI is InChI=1S/C11H13N3/c1-9-2-4-10(5-3-9)8-14-7-6-13-11(14)12/h2-7H,8H2,1H3,(H2,12,13). The number of aryl methyl sites for hydroxylation is 1. The molecule has 0 bridgehead atoms. The number of aromatic nitrogens is 2. The van der Waals surface area contributed by atoms with E-state index in [4.69, 9.17) is 5.73 Å². The molecule has 2 aromatic rings. The van der Waals surface area contributed by atoms with Gasteiger partial charge in [0.15, 0.2) is 5.95 Å². The number of nitrogens with zero attached hydrogens (tertiary/aromatic N) is 2. The summed E-state index contributed by atoms with van der Waals surface area (Å²) in [5, 5.41) is 0. The normalized spacial score (nSPS) is 10.4. The molecule has 1 aromatic heterocycles. The lowest BCUT2D eigenvalue weighted by molar-refractivity contribution is 0.810. The molecule has 14 heavy (non-hydrogen) atoms. The predicted molar refractivity (Wildman–Crippen MR) is 56.9 cm³/mol. The lowest BCUT2D eigenvalue weighted by Gasteiger charge is -2.04. The van der Waals surface area contributed by atoms with Gasteiger partial charge in [-0.1, -0.05) is 29.8 Å². The van der Waals surface area contributed by atoms with Crippen LogP contribution in [0.3, 0.4) is 0 Å². The first-order valence-electron chi connectivity index (χ1n) is 4.58. The minimum Gasteiger partial charge on any atom is -0.369 e. The van der Waals surface area contributed by atoms with Crippen LogP contribution < -0.4 is 5.73 Å². The molecular formula is C11H13N3. The van der Waals surface area contributed by atoms with Gasteiger partial charge in [0.2, 0.25) is 0 Å². The molecule has 1 heterocycles. The van der Waals surface area contributed by atoms with Gasteiger partial charge in [-0.3, -0.25) is 0 Å². The first-order chi connectivity index (χ1) is 6.75. The van der Waals surface area contributed by atoms with Crippen LogP contribution in [-0.2, 0) is 6.54 Å². The van der Waals surface area contributed by atoms with Gasteiger partial charge in [0.25, 0.3) is 0 Å². The molecule has 0 aliphatic rings. The minimum absolute atomic E-state index is 0.561. The molecule has 3 heteroatoms. The van der Waals surface area contributed by atoms with E-state index in [1.54, 1.807) is 6.20 Å². The SMILES string of the molecule is Cc1ccc(Cn2ccnc2N)cc1. The van der Waals surface area contributed by atoms with E-state index in [9.17, 15) is 0 Å². The Kier molecular flexibility index (Phi) is 2.23. The third-order valence-corrected chi connectivity index (χ3v) is 2.22. The van der Waals surface area contributed by atoms with Crippen LogP contribution >= 0.6 is 0 Å². The third-order valence-electron chi connectivity index (χ3n) is 2.22. The lowest BCUT2D eigenvalue weighted by atomic mass is 10.1. The van der Waals surface area contributed by atoms with Gasteiger partial charge in [0.05, 0.1) is 6.54 Å². The molecule has 1 aromatic carbocycles. The summed E-state index contributed by atoms with van der Waals surface area (Å²) in [6, 6.07) is 8.41. The molecule has 0 amide bonds. The van der Waals surface area contributed by atoms with Crippen LogP contribution in [0.5, 0.6) is 0 Å². The molecule has 0 aliphatic carbocycles. The Morgan fingerprint density at radius 3 is 2.57 bits per heavy atom. The summed E-state index contributed by atoms with van der Waals surface area (Å²) >= 11 is 0. The first kappa shape index (κ1) is 8.81. The zero-order chi connectivity index (χ0) is 9.97. The first-order valence-corrected chi connectivity index (χ1v) is 4.58. The lowest BCUT2D eigenvalue weighted by Crippen LogP contribution is -2.03. The molecule has 2 rings (SSSR count). The van der Waals surface area contributed by atoms with E-state index in [0.717, 1.165) is 6.54 Å². The largest absolute Gasteiger partial charge is 0.369 e. The van der Waals surface area contributed by atoms with Gasteiger partial charge in [-0.15, -0.1) is 0 Å². The fourth-order valence-electron chi connectivity index (χ4n) is 1.36. The molecule has 0 atom stereocenters. The van der Waals surface area contributed by atoms with Crippen molar-refractivity contribution in [2.24, 2.45) is 0 Å². The zero-order valence-electron chi connectivity index (χ0n) is 8.14. The molecule has 0 fully saturated rings. The number of nitrogen functional groups attached to an aromatic ring is 1. The fraction of sp³-hybridized carbons (Fsp3) is 0.182. The van der Waals surface area contributed by atoms with Crippen molar-refractivity contribution in [3.05, 3.63) is 47.8 Å². The highest BCUT2D eigenvalue weighted by Gasteiger charge is 1.98. The van der Waals surface area contributed by atoms with Crippen molar-refractivity contribution in [1.82, 2.24) is 9.55 Å². The molecular weight excluding hydrogens is 174 g/mol. The Morgan fingerprint density at radius 2 is 2.00 bits per heavy atom. The van der Waals surface area contributed by atoms with Gasteiger partial charge < -0.3 is 10.3 Å². The number of benzene rings is 1. The highest BCUT2D eigenvalue weighted by molar-refractivity contribution is 5.24. The quantitative estimate of drug-likeness (QED) is 0.779. The Morgan fingerprint density at radius 1 is 1.29 bits per heavy atom.